The van der Waals surface area contributed by atoms with Crippen molar-refractivity contribution >= 4 is 29.2 Å². The molecular formula is C17H20N6O. The zero-order valence-electron chi connectivity index (χ0n) is 13.1. The number of aryl methyl sites for hydroxylation is 1. The standard InChI is InChI=1S/C17H20N6O/c18-16(19)23-17(20)22-14-8-4-7-13(11-14)21-15(24)10-9-12-5-2-1-3-6-12/h1-8,11H,9-10H2,(H,21,24)(H6,18,19,20,22,23). The van der Waals surface area contributed by atoms with Crippen LogP contribution in [0.1, 0.15) is 12.0 Å². The molecule has 0 spiro atoms. The number of carbonyl (C=O) groups excluding carboxylic acids is 1. The Balaban J connectivity index is 1.96. The van der Waals surface area contributed by atoms with Crippen LogP contribution in [-0.4, -0.2) is 17.8 Å². The predicted octanol–water partition coefficient (Wildman–Crippen LogP) is 1.48. The van der Waals surface area contributed by atoms with E-state index in [1.165, 1.54) is 0 Å². The van der Waals surface area contributed by atoms with E-state index in [4.69, 9.17) is 17.2 Å². The summed E-state index contributed by atoms with van der Waals surface area (Å²) in [7, 11) is 0. The number of guanidine groups is 2. The van der Waals surface area contributed by atoms with Crippen LogP contribution in [0.15, 0.2) is 64.6 Å². The lowest BCUT2D eigenvalue weighted by atomic mass is 10.1. The van der Waals surface area contributed by atoms with E-state index in [1.54, 1.807) is 24.3 Å². The number of hydrogen-bond acceptors (Lipinski definition) is 2. The van der Waals surface area contributed by atoms with Crippen molar-refractivity contribution in [3.63, 3.8) is 0 Å². The number of amides is 1. The van der Waals surface area contributed by atoms with Crippen LogP contribution in [0, 0.1) is 0 Å². The van der Waals surface area contributed by atoms with Gasteiger partial charge in [0.1, 0.15) is 0 Å². The van der Waals surface area contributed by atoms with Gasteiger partial charge in [0.15, 0.2) is 5.96 Å². The average molecular weight is 324 g/mol. The van der Waals surface area contributed by atoms with Gasteiger partial charge in [-0.3, -0.25) is 4.79 Å². The number of aliphatic imine (C=N–C) groups is 2. The van der Waals surface area contributed by atoms with E-state index >= 15 is 0 Å². The summed E-state index contributed by atoms with van der Waals surface area (Å²) in [5.41, 5.74) is 18.3. The van der Waals surface area contributed by atoms with Crippen molar-refractivity contribution in [2.75, 3.05) is 5.32 Å². The second-order valence-corrected chi connectivity index (χ2v) is 5.09. The van der Waals surface area contributed by atoms with Gasteiger partial charge in [0.25, 0.3) is 0 Å². The molecule has 0 fully saturated rings. The minimum absolute atomic E-state index is 0.0532. The highest BCUT2D eigenvalue weighted by Crippen LogP contribution is 2.18. The highest BCUT2D eigenvalue weighted by Gasteiger charge is 2.04. The maximum atomic E-state index is 12.0. The Kier molecular flexibility index (Phi) is 5.90. The van der Waals surface area contributed by atoms with Crippen LogP contribution in [0.2, 0.25) is 0 Å². The number of benzene rings is 2. The molecule has 2 aromatic rings. The van der Waals surface area contributed by atoms with E-state index in [0.29, 0.717) is 24.2 Å². The van der Waals surface area contributed by atoms with Crippen LogP contribution in [0.3, 0.4) is 0 Å². The molecule has 0 unspecified atom stereocenters. The summed E-state index contributed by atoms with van der Waals surface area (Å²) >= 11 is 0. The Morgan fingerprint density at radius 2 is 1.75 bits per heavy atom. The molecule has 2 rings (SSSR count). The molecule has 0 aliphatic carbocycles. The SMILES string of the molecule is NC(N)=NC(N)=Nc1cccc(NC(=O)CCc2ccccc2)c1. The second-order valence-electron chi connectivity index (χ2n) is 5.09. The van der Waals surface area contributed by atoms with Gasteiger partial charge in [-0.05, 0) is 30.2 Å². The van der Waals surface area contributed by atoms with Gasteiger partial charge in [-0.1, -0.05) is 36.4 Å². The minimum atomic E-state index is -0.165. The molecule has 7 heteroatoms. The monoisotopic (exact) mass is 324 g/mol. The second kappa shape index (κ2) is 8.33. The van der Waals surface area contributed by atoms with Gasteiger partial charge in [0.2, 0.25) is 11.9 Å². The quantitative estimate of drug-likeness (QED) is 0.490. The largest absolute Gasteiger partial charge is 0.370 e. The number of anilines is 1. The molecule has 0 saturated heterocycles. The van der Waals surface area contributed by atoms with Gasteiger partial charge in [-0.25, -0.2) is 4.99 Å². The van der Waals surface area contributed by atoms with Crippen molar-refractivity contribution in [3.05, 3.63) is 60.2 Å². The van der Waals surface area contributed by atoms with Crippen molar-refractivity contribution in [2.45, 2.75) is 12.8 Å². The van der Waals surface area contributed by atoms with E-state index in [9.17, 15) is 4.79 Å². The van der Waals surface area contributed by atoms with Crippen molar-refractivity contribution < 1.29 is 4.79 Å². The van der Waals surface area contributed by atoms with Gasteiger partial charge in [0, 0.05) is 12.1 Å². The summed E-state index contributed by atoms with van der Waals surface area (Å²) < 4.78 is 0. The molecule has 1 amide bonds. The van der Waals surface area contributed by atoms with Crippen LogP contribution in [-0.2, 0) is 11.2 Å². The smallest absolute Gasteiger partial charge is 0.224 e. The number of nitrogens with zero attached hydrogens (tertiary/aromatic N) is 2. The number of carbonyl (C=O) groups is 1. The lowest BCUT2D eigenvalue weighted by Crippen LogP contribution is -2.26. The molecular weight excluding hydrogens is 304 g/mol. The third-order valence-corrected chi connectivity index (χ3v) is 3.10. The molecule has 0 radical (unpaired) electrons. The average Bonchev–Trinajstić information content (AvgIpc) is 2.53. The van der Waals surface area contributed by atoms with E-state index in [2.05, 4.69) is 15.3 Å². The molecule has 0 saturated carbocycles. The first-order valence-electron chi connectivity index (χ1n) is 7.40. The summed E-state index contributed by atoms with van der Waals surface area (Å²) in [5.74, 6) is -0.290. The fourth-order valence-electron chi connectivity index (χ4n) is 2.07. The fourth-order valence-corrected chi connectivity index (χ4v) is 2.07. The number of rotatable bonds is 5. The Hall–Kier alpha value is -3.35. The summed E-state index contributed by atoms with van der Waals surface area (Å²) in [4.78, 5) is 19.7. The molecule has 24 heavy (non-hydrogen) atoms. The van der Waals surface area contributed by atoms with Crippen LogP contribution < -0.4 is 22.5 Å². The first-order chi connectivity index (χ1) is 11.5. The predicted molar refractivity (Wildman–Crippen MR) is 96.9 cm³/mol. The Morgan fingerprint density at radius 3 is 2.46 bits per heavy atom. The first kappa shape index (κ1) is 17.0. The Bertz CT molecular complexity index is 751. The Labute approximate surface area is 140 Å². The molecule has 0 heterocycles. The zero-order valence-corrected chi connectivity index (χ0v) is 13.1. The van der Waals surface area contributed by atoms with Crippen LogP contribution >= 0.6 is 0 Å². The van der Waals surface area contributed by atoms with E-state index in [0.717, 1.165) is 5.56 Å². The molecule has 124 valence electrons. The number of nitrogens with one attached hydrogen (secondary N) is 1. The summed E-state index contributed by atoms with van der Waals surface area (Å²) in [6.07, 6.45) is 1.08. The third kappa shape index (κ3) is 5.80. The molecule has 0 atom stereocenters. The van der Waals surface area contributed by atoms with Gasteiger partial charge in [0.05, 0.1) is 5.69 Å². The number of nitrogens with two attached hydrogens (primary N) is 3. The van der Waals surface area contributed by atoms with Gasteiger partial charge < -0.3 is 22.5 Å². The van der Waals surface area contributed by atoms with Gasteiger partial charge >= 0.3 is 0 Å². The van der Waals surface area contributed by atoms with Crippen molar-refractivity contribution in [1.82, 2.24) is 0 Å². The molecule has 7 nitrogen and oxygen atoms in total. The van der Waals surface area contributed by atoms with Gasteiger partial charge in [-0.15, -0.1) is 0 Å². The highest BCUT2D eigenvalue weighted by molar-refractivity contribution is 5.94. The summed E-state index contributed by atoms with van der Waals surface area (Å²) in [6.45, 7) is 0. The van der Waals surface area contributed by atoms with Crippen molar-refractivity contribution in [2.24, 2.45) is 27.2 Å². The topological polar surface area (TPSA) is 132 Å². The van der Waals surface area contributed by atoms with E-state index in [-0.39, 0.29) is 17.8 Å². The van der Waals surface area contributed by atoms with Crippen LogP contribution in [0.5, 0.6) is 0 Å². The zero-order chi connectivity index (χ0) is 17.4. The molecule has 0 aliphatic heterocycles. The first-order valence-corrected chi connectivity index (χ1v) is 7.40. The third-order valence-electron chi connectivity index (χ3n) is 3.10. The van der Waals surface area contributed by atoms with Crippen LogP contribution in [0.25, 0.3) is 0 Å². The van der Waals surface area contributed by atoms with E-state index < -0.39 is 0 Å². The summed E-state index contributed by atoms with van der Waals surface area (Å²) in [6, 6.07) is 16.8. The molecule has 0 bridgehead atoms. The molecule has 7 N–H and O–H groups in total. The lowest BCUT2D eigenvalue weighted by Gasteiger charge is -2.06. The van der Waals surface area contributed by atoms with Gasteiger partial charge in [-0.2, -0.15) is 4.99 Å². The molecule has 0 aliphatic rings. The Morgan fingerprint density at radius 1 is 1.00 bits per heavy atom. The molecule has 0 aromatic heterocycles. The van der Waals surface area contributed by atoms with E-state index in [1.807, 2.05) is 30.3 Å². The lowest BCUT2D eigenvalue weighted by molar-refractivity contribution is -0.116. The van der Waals surface area contributed by atoms with Crippen molar-refractivity contribution in [3.8, 4) is 0 Å². The normalized spacial score (nSPS) is 10.9. The van der Waals surface area contributed by atoms with Crippen LogP contribution in [0.4, 0.5) is 11.4 Å². The minimum Gasteiger partial charge on any atom is -0.370 e. The van der Waals surface area contributed by atoms with Crippen molar-refractivity contribution in [1.29, 1.82) is 0 Å². The molecule has 2 aromatic carbocycles. The number of hydrogen-bond donors (Lipinski definition) is 4. The maximum Gasteiger partial charge on any atom is 0.224 e. The maximum absolute atomic E-state index is 12.0. The summed E-state index contributed by atoms with van der Waals surface area (Å²) in [5, 5.41) is 2.83. The highest BCUT2D eigenvalue weighted by atomic mass is 16.1. The fraction of sp³-hybridized carbons (Fsp3) is 0.118.